The number of rotatable bonds is 4. The number of carbonyl (C=O) groups is 1. The molecule has 0 aromatic heterocycles. The van der Waals surface area contributed by atoms with Gasteiger partial charge in [-0.15, -0.1) is 24.9 Å². The monoisotopic (exact) mass is 560 g/mol. The molecule has 0 fully saturated rings. The third-order valence-corrected chi connectivity index (χ3v) is 6.78. The number of amides is 1. The largest absolute Gasteiger partial charge is 0.573 e. The fraction of sp³-hybridized carbons (Fsp3) is 0.308. The summed E-state index contributed by atoms with van der Waals surface area (Å²) >= 11 is 7.56. The normalized spacial score (nSPS) is 18.3. The van der Waals surface area contributed by atoms with Crippen molar-refractivity contribution in [3.63, 3.8) is 0 Å². The van der Waals surface area contributed by atoms with Gasteiger partial charge in [0.2, 0.25) is 0 Å². The lowest BCUT2D eigenvalue weighted by Crippen LogP contribution is -2.34. The molecule has 1 aliphatic rings. The molecule has 0 saturated heterocycles. The van der Waals surface area contributed by atoms with Crippen LogP contribution in [0, 0.1) is 0 Å². The first-order valence-corrected chi connectivity index (χ1v) is 10.4. The van der Waals surface area contributed by atoms with Gasteiger partial charge in [-0.3, -0.25) is 4.79 Å². The van der Waals surface area contributed by atoms with E-state index in [1.807, 2.05) is 0 Å². The maximum Gasteiger partial charge on any atom is 0.573 e. The maximum atomic E-state index is 13.6. The fourth-order valence-corrected chi connectivity index (χ4v) is 5.78. The molecule has 0 spiro atoms. The Labute approximate surface area is 174 Å². The van der Waals surface area contributed by atoms with Crippen molar-refractivity contribution in [3.8, 4) is 5.75 Å². The first-order chi connectivity index (χ1) is 12.3. The van der Waals surface area contributed by atoms with Crippen molar-refractivity contribution in [1.29, 1.82) is 0 Å². The highest BCUT2D eigenvalue weighted by molar-refractivity contribution is 9.11. The van der Waals surface area contributed by atoms with Crippen molar-refractivity contribution in [2.24, 2.45) is 5.73 Å². The van der Waals surface area contributed by atoms with Crippen molar-refractivity contribution in [3.05, 3.63) is 31.7 Å². The van der Waals surface area contributed by atoms with E-state index in [1.54, 1.807) is 0 Å². The summed E-state index contributed by atoms with van der Waals surface area (Å²) in [5.74, 6) is -1.89. The SMILES string of the molecule is CSC1SC(C(N)=O)=C(C(F)(F)F)N1c1c(Br)cc(OC(F)(F)F)cc1Br. The Morgan fingerprint density at radius 3 is 2.11 bits per heavy atom. The van der Waals surface area contributed by atoms with E-state index in [2.05, 4.69) is 36.6 Å². The van der Waals surface area contributed by atoms with Crippen molar-refractivity contribution in [1.82, 2.24) is 0 Å². The fourth-order valence-electron chi connectivity index (χ4n) is 2.20. The zero-order chi connectivity index (χ0) is 20.7. The van der Waals surface area contributed by atoms with E-state index in [9.17, 15) is 31.1 Å². The minimum absolute atomic E-state index is 0.108. The van der Waals surface area contributed by atoms with Crippen molar-refractivity contribution < 1.29 is 35.9 Å². The number of carbonyl (C=O) groups excluding carboxylic acids is 1. The Morgan fingerprint density at radius 2 is 1.74 bits per heavy atom. The van der Waals surface area contributed by atoms with Gasteiger partial charge in [-0.25, -0.2) is 0 Å². The molecule has 1 aromatic carbocycles. The summed E-state index contributed by atoms with van der Waals surface area (Å²) in [6.07, 6.45) is -8.38. The summed E-state index contributed by atoms with van der Waals surface area (Å²) in [5, 5.41) is 0. The second kappa shape index (κ2) is 7.95. The number of anilines is 1. The first-order valence-electron chi connectivity index (χ1n) is 6.61. The zero-order valence-corrected chi connectivity index (χ0v) is 17.7. The molecule has 1 amide bonds. The van der Waals surface area contributed by atoms with Crippen molar-refractivity contribution in [2.45, 2.75) is 17.2 Å². The van der Waals surface area contributed by atoms with E-state index >= 15 is 0 Å². The third kappa shape index (κ3) is 5.01. The second-order valence-corrected chi connectivity index (χ2v) is 8.87. The van der Waals surface area contributed by atoms with Crippen LogP contribution >= 0.6 is 55.4 Å². The molecule has 4 nitrogen and oxygen atoms in total. The lowest BCUT2D eigenvalue weighted by atomic mass is 10.2. The standard InChI is InChI=1S/C13H8Br2F6N2O2S2/c1-26-11-23(9(12(16,17)18)8(27-11)10(22)24)7-5(14)2-4(3-6(7)15)25-13(19,20)21/h2-3,11H,1H3,(H2,22,24). The van der Waals surface area contributed by atoms with Gasteiger partial charge in [0, 0.05) is 8.95 Å². The maximum absolute atomic E-state index is 13.6. The van der Waals surface area contributed by atoms with Crippen LogP contribution < -0.4 is 15.4 Å². The van der Waals surface area contributed by atoms with Crippen molar-refractivity contribution >= 4 is 67.0 Å². The molecule has 1 unspecified atom stereocenters. The number of nitrogens with zero attached hydrogens (tertiary/aromatic N) is 1. The molecule has 1 heterocycles. The molecule has 27 heavy (non-hydrogen) atoms. The summed E-state index contributed by atoms with van der Waals surface area (Å²) in [4.78, 5) is 11.6. The van der Waals surface area contributed by atoms with Crippen LogP contribution in [0.5, 0.6) is 5.75 Å². The Kier molecular flexibility index (Phi) is 6.64. The number of alkyl halides is 6. The Morgan fingerprint density at radius 1 is 1.22 bits per heavy atom. The van der Waals surface area contributed by atoms with Gasteiger partial charge in [-0.2, -0.15) is 13.2 Å². The highest BCUT2D eigenvalue weighted by atomic mass is 79.9. The second-order valence-electron chi connectivity index (χ2n) is 4.85. The molecular formula is C13H8Br2F6N2O2S2. The van der Waals surface area contributed by atoms with Gasteiger partial charge in [0.25, 0.3) is 5.91 Å². The molecule has 1 aliphatic heterocycles. The average Bonchev–Trinajstić information content (AvgIpc) is 2.84. The topological polar surface area (TPSA) is 55.6 Å². The minimum atomic E-state index is -4.97. The molecule has 2 rings (SSSR count). The summed E-state index contributed by atoms with van der Waals surface area (Å²) < 4.78 is 80.8. The molecular weight excluding hydrogens is 554 g/mol. The zero-order valence-electron chi connectivity index (χ0n) is 12.9. The molecule has 1 aromatic rings. The first kappa shape index (κ1) is 22.6. The van der Waals surface area contributed by atoms with Gasteiger partial charge in [-0.05, 0) is 50.2 Å². The van der Waals surface area contributed by atoms with Crippen LogP contribution in [0.3, 0.4) is 0 Å². The van der Waals surface area contributed by atoms with Crippen LogP contribution in [0.25, 0.3) is 0 Å². The van der Waals surface area contributed by atoms with Crippen LogP contribution in [-0.2, 0) is 4.79 Å². The van der Waals surface area contributed by atoms with Crippen LogP contribution in [-0.4, -0.2) is 29.4 Å². The van der Waals surface area contributed by atoms with Crippen LogP contribution in [0.15, 0.2) is 31.7 Å². The lowest BCUT2D eigenvalue weighted by Gasteiger charge is -2.30. The number of thioether (sulfide) groups is 2. The molecule has 0 aliphatic carbocycles. The molecule has 0 radical (unpaired) electrons. The quantitative estimate of drug-likeness (QED) is 0.487. The van der Waals surface area contributed by atoms with Crippen LogP contribution in [0.2, 0.25) is 0 Å². The molecule has 150 valence electrons. The number of primary amides is 1. The molecule has 0 bridgehead atoms. The minimum Gasteiger partial charge on any atom is -0.406 e. The van der Waals surface area contributed by atoms with E-state index in [4.69, 9.17) is 5.73 Å². The van der Waals surface area contributed by atoms with E-state index in [-0.39, 0.29) is 14.6 Å². The number of nitrogens with two attached hydrogens (primary N) is 1. The van der Waals surface area contributed by atoms with Crippen LogP contribution in [0.4, 0.5) is 32.0 Å². The number of allylic oxidation sites excluding steroid dienone is 1. The van der Waals surface area contributed by atoms with Gasteiger partial charge >= 0.3 is 12.5 Å². The smallest absolute Gasteiger partial charge is 0.406 e. The van der Waals surface area contributed by atoms with E-state index in [1.165, 1.54) is 6.26 Å². The Hall–Kier alpha value is -0.730. The predicted octanol–water partition coefficient (Wildman–Crippen LogP) is 5.57. The number of benzene rings is 1. The average molecular weight is 562 g/mol. The predicted molar refractivity (Wildman–Crippen MR) is 98.2 cm³/mol. The number of ether oxygens (including phenoxy) is 1. The van der Waals surface area contributed by atoms with Gasteiger partial charge in [-0.1, -0.05) is 11.8 Å². The third-order valence-electron chi connectivity index (χ3n) is 3.04. The molecule has 2 N–H and O–H groups in total. The van der Waals surface area contributed by atoms with E-state index < -0.39 is 39.5 Å². The van der Waals surface area contributed by atoms with Gasteiger partial charge in [0.15, 0.2) is 0 Å². The number of halogens is 8. The number of hydrogen-bond donors (Lipinski definition) is 1. The van der Waals surface area contributed by atoms with Gasteiger partial charge < -0.3 is 15.4 Å². The van der Waals surface area contributed by atoms with Crippen LogP contribution in [0.1, 0.15) is 0 Å². The molecule has 1 atom stereocenters. The summed E-state index contributed by atoms with van der Waals surface area (Å²) in [5.41, 5.74) is 3.68. The Bertz CT molecular complexity index is 777. The summed E-state index contributed by atoms with van der Waals surface area (Å²) in [6, 6.07) is 1.76. The van der Waals surface area contributed by atoms with E-state index in [0.717, 1.165) is 28.8 Å². The molecule has 0 saturated carbocycles. The lowest BCUT2D eigenvalue weighted by molar-refractivity contribution is -0.274. The van der Waals surface area contributed by atoms with Crippen molar-refractivity contribution in [2.75, 3.05) is 11.2 Å². The molecule has 14 heteroatoms. The van der Waals surface area contributed by atoms with Gasteiger partial charge in [0.05, 0.1) is 5.69 Å². The number of hydrogen-bond acceptors (Lipinski definition) is 5. The highest BCUT2D eigenvalue weighted by Crippen LogP contribution is 2.54. The summed E-state index contributed by atoms with van der Waals surface area (Å²) in [7, 11) is 0. The summed E-state index contributed by atoms with van der Waals surface area (Å²) in [6.45, 7) is 0. The van der Waals surface area contributed by atoms with Gasteiger partial charge in [0.1, 0.15) is 21.1 Å². The van der Waals surface area contributed by atoms with E-state index in [0.29, 0.717) is 11.8 Å². The highest BCUT2D eigenvalue weighted by Gasteiger charge is 2.50. The Balaban J connectivity index is 2.64.